The van der Waals surface area contributed by atoms with Crippen molar-refractivity contribution in [2.75, 3.05) is 7.11 Å². The number of carbonyl (C=O) groups is 1. The molecule has 21 heavy (non-hydrogen) atoms. The summed E-state index contributed by atoms with van der Waals surface area (Å²) in [5.41, 5.74) is 3.02. The molecule has 1 aromatic heterocycles. The van der Waals surface area contributed by atoms with Crippen LogP contribution < -0.4 is 10.2 Å². The summed E-state index contributed by atoms with van der Waals surface area (Å²) in [4.78, 5) is 15.5. The number of methoxy groups -OCH3 is 1. The van der Waals surface area contributed by atoms with Crippen molar-refractivity contribution in [3.8, 4) is 17.2 Å². The summed E-state index contributed by atoms with van der Waals surface area (Å²) >= 11 is 0. The van der Waals surface area contributed by atoms with Gasteiger partial charge in [-0.15, -0.1) is 0 Å². The number of aromatic hydroxyl groups is 2. The SMILES string of the molecule is COc1cc(/C=N/NC(=O)c2ccncc2)c(O)cc1O. The molecule has 0 aliphatic heterocycles. The van der Waals surface area contributed by atoms with Crippen molar-refractivity contribution in [3.63, 3.8) is 0 Å². The van der Waals surface area contributed by atoms with E-state index in [4.69, 9.17) is 4.74 Å². The van der Waals surface area contributed by atoms with E-state index in [1.54, 1.807) is 12.1 Å². The second-order valence-corrected chi connectivity index (χ2v) is 4.02. The summed E-state index contributed by atoms with van der Waals surface area (Å²) in [5, 5.41) is 22.9. The van der Waals surface area contributed by atoms with Crippen molar-refractivity contribution in [2.24, 2.45) is 5.10 Å². The van der Waals surface area contributed by atoms with Gasteiger partial charge in [0.2, 0.25) is 0 Å². The monoisotopic (exact) mass is 287 g/mol. The fourth-order valence-electron chi connectivity index (χ4n) is 1.57. The molecule has 1 aromatic carbocycles. The van der Waals surface area contributed by atoms with Crippen LogP contribution in [0.4, 0.5) is 0 Å². The predicted molar refractivity (Wildman–Crippen MR) is 75.6 cm³/mol. The zero-order chi connectivity index (χ0) is 15.2. The minimum atomic E-state index is -0.404. The number of hydrogen-bond acceptors (Lipinski definition) is 6. The Bertz CT molecular complexity index is 671. The number of pyridine rings is 1. The number of nitrogens with zero attached hydrogens (tertiary/aromatic N) is 2. The lowest BCUT2D eigenvalue weighted by molar-refractivity contribution is 0.0955. The summed E-state index contributed by atoms with van der Waals surface area (Å²) in [7, 11) is 1.39. The van der Waals surface area contributed by atoms with Crippen LogP contribution in [0.1, 0.15) is 15.9 Å². The maximum Gasteiger partial charge on any atom is 0.271 e. The van der Waals surface area contributed by atoms with E-state index in [0.29, 0.717) is 11.1 Å². The highest BCUT2D eigenvalue weighted by molar-refractivity contribution is 5.95. The molecule has 1 amide bonds. The number of hydrazone groups is 1. The van der Waals surface area contributed by atoms with E-state index in [9.17, 15) is 15.0 Å². The number of amides is 1. The van der Waals surface area contributed by atoms with Crippen molar-refractivity contribution in [1.82, 2.24) is 10.4 Å². The summed E-state index contributed by atoms with van der Waals surface area (Å²) in [6.07, 6.45) is 4.24. The van der Waals surface area contributed by atoms with Crippen LogP contribution in [0.5, 0.6) is 17.2 Å². The average molecular weight is 287 g/mol. The standard InChI is InChI=1S/C14H13N3O4/c1-21-13-6-10(11(18)7-12(13)19)8-16-17-14(20)9-2-4-15-5-3-9/h2-8,18-19H,1H3,(H,17,20)/b16-8+. The van der Waals surface area contributed by atoms with Crippen LogP contribution in [0, 0.1) is 0 Å². The number of ether oxygens (including phenoxy) is 1. The predicted octanol–water partition coefficient (Wildman–Crippen LogP) is 1.27. The van der Waals surface area contributed by atoms with Gasteiger partial charge in [0.15, 0.2) is 11.5 Å². The molecular formula is C14H13N3O4. The zero-order valence-corrected chi connectivity index (χ0v) is 11.1. The molecule has 0 atom stereocenters. The molecule has 108 valence electrons. The Hall–Kier alpha value is -3.09. The van der Waals surface area contributed by atoms with Gasteiger partial charge >= 0.3 is 0 Å². The van der Waals surface area contributed by atoms with Crippen LogP contribution in [0.2, 0.25) is 0 Å². The van der Waals surface area contributed by atoms with Crippen LogP contribution in [-0.4, -0.2) is 34.4 Å². The fourth-order valence-corrected chi connectivity index (χ4v) is 1.57. The minimum absolute atomic E-state index is 0.185. The first-order valence-corrected chi connectivity index (χ1v) is 5.95. The van der Waals surface area contributed by atoms with Gasteiger partial charge in [0.05, 0.1) is 13.3 Å². The van der Waals surface area contributed by atoms with E-state index in [0.717, 1.165) is 6.07 Å². The maximum atomic E-state index is 11.7. The van der Waals surface area contributed by atoms with Gasteiger partial charge in [-0.05, 0) is 18.2 Å². The number of phenolic OH excluding ortho intramolecular Hbond substituents is 2. The Morgan fingerprint density at radius 2 is 2.00 bits per heavy atom. The molecule has 0 aliphatic rings. The third kappa shape index (κ3) is 3.47. The van der Waals surface area contributed by atoms with E-state index in [1.807, 2.05) is 0 Å². The van der Waals surface area contributed by atoms with Crippen molar-refractivity contribution >= 4 is 12.1 Å². The van der Waals surface area contributed by atoms with Crippen molar-refractivity contribution in [1.29, 1.82) is 0 Å². The Kier molecular flexibility index (Phi) is 4.35. The number of benzene rings is 1. The molecule has 7 nitrogen and oxygen atoms in total. The van der Waals surface area contributed by atoms with E-state index in [2.05, 4.69) is 15.5 Å². The van der Waals surface area contributed by atoms with Gasteiger partial charge in [-0.1, -0.05) is 0 Å². The van der Waals surface area contributed by atoms with Crippen LogP contribution in [0.3, 0.4) is 0 Å². The Morgan fingerprint density at radius 1 is 1.29 bits per heavy atom. The van der Waals surface area contributed by atoms with E-state index in [-0.39, 0.29) is 17.2 Å². The van der Waals surface area contributed by atoms with E-state index >= 15 is 0 Å². The Morgan fingerprint density at radius 3 is 2.67 bits per heavy atom. The highest BCUT2D eigenvalue weighted by atomic mass is 16.5. The average Bonchev–Trinajstić information content (AvgIpc) is 2.50. The van der Waals surface area contributed by atoms with Gasteiger partial charge in [-0.2, -0.15) is 5.10 Å². The van der Waals surface area contributed by atoms with Gasteiger partial charge in [-0.25, -0.2) is 5.43 Å². The normalized spacial score (nSPS) is 10.5. The summed E-state index contributed by atoms with van der Waals surface area (Å²) < 4.78 is 4.92. The first-order valence-electron chi connectivity index (χ1n) is 5.95. The largest absolute Gasteiger partial charge is 0.507 e. The van der Waals surface area contributed by atoms with Gasteiger partial charge in [0.25, 0.3) is 5.91 Å². The minimum Gasteiger partial charge on any atom is -0.507 e. The quantitative estimate of drug-likeness (QED) is 0.580. The fraction of sp³-hybridized carbons (Fsp3) is 0.0714. The highest BCUT2D eigenvalue weighted by Gasteiger charge is 2.08. The maximum absolute atomic E-state index is 11.7. The molecule has 7 heteroatoms. The van der Waals surface area contributed by atoms with Gasteiger partial charge < -0.3 is 14.9 Å². The second kappa shape index (κ2) is 6.38. The molecule has 0 spiro atoms. The zero-order valence-electron chi connectivity index (χ0n) is 11.1. The third-order valence-corrected chi connectivity index (χ3v) is 2.64. The first kappa shape index (κ1) is 14.3. The molecule has 2 rings (SSSR count). The Labute approximate surface area is 120 Å². The van der Waals surface area contributed by atoms with Crippen LogP contribution in [-0.2, 0) is 0 Å². The molecule has 3 N–H and O–H groups in total. The van der Waals surface area contributed by atoms with E-state index in [1.165, 1.54) is 31.8 Å². The Balaban J connectivity index is 2.10. The van der Waals surface area contributed by atoms with E-state index < -0.39 is 5.91 Å². The molecule has 2 aromatic rings. The number of nitrogens with one attached hydrogen (secondary N) is 1. The summed E-state index contributed by atoms with van der Waals surface area (Å²) in [5.74, 6) is -0.586. The highest BCUT2D eigenvalue weighted by Crippen LogP contribution is 2.32. The van der Waals surface area contributed by atoms with Gasteiger partial charge in [0, 0.05) is 29.6 Å². The molecule has 0 radical (unpaired) electrons. The molecular weight excluding hydrogens is 274 g/mol. The lowest BCUT2D eigenvalue weighted by Gasteiger charge is -2.06. The molecule has 0 unspecified atom stereocenters. The molecule has 0 fully saturated rings. The number of rotatable bonds is 4. The van der Waals surface area contributed by atoms with Crippen molar-refractivity contribution < 1.29 is 19.7 Å². The lowest BCUT2D eigenvalue weighted by atomic mass is 10.2. The topological polar surface area (TPSA) is 104 Å². The third-order valence-electron chi connectivity index (χ3n) is 2.64. The van der Waals surface area contributed by atoms with Crippen molar-refractivity contribution in [3.05, 3.63) is 47.8 Å². The smallest absolute Gasteiger partial charge is 0.271 e. The molecule has 0 bridgehead atoms. The molecule has 0 saturated carbocycles. The van der Waals surface area contributed by atoms with Gasteiger partial charge in [-0.3, -0.25) is 9.78 Å². The number of aromatic nitrogens is 1. The van der Waals surface area contributed by atoms with Crippen LogP contribution in [0.15, 0.2) is 41.8 Å². The van der Waals surface area contributed by atoms with Crippen LogP contribution in [0.25, 0.3) is 0 Å². The lowest BCUT2D eigenvalue weighted by Crippen LogP contribution is -2.17. The number of phenols is 2. The first-order chi connectivity index (χ1) is 10.1. The molecule has 0 aliphatic carbocycles. The van der Waals surface area contributed by atoms with Crippen molar-refractivity contribution in [2.45, 2.75) is 0 Å². The number of carbonyl (C=O) groups excluding carboxylic acids is 1. The second-order valence-electron chi connectivity index (χ2n) is 4.02. The molecule has 1 heterocycles. The summed E-state index contributed by atoms with van der Waals surface area (Å²) in [6.45, 7) is 0. The van der Waals surface area contributed by atoms with Crippen LogP contribution >= 0.6 is 0 Å². The summed E-state index contributed by atoms with van der Waals surface area (Å²) in [6, 6.07) is 5.62. The van der Waals surface area contributed by atoms with Gasteiger partial charge in [0.1, 0.15) is 5.75 Å². The molecule has 0 saturated heterocycles. The number of hydrogen-bond donors (Lipinski definition) is 3.